The zero-order valence-corrected chi connectivity index (χ0v) is 14.3. The number of aryl methyl sites for hydroxylation is 1. The Bertz CT molecular complexity index is 692. The first-order valence-electron chi connectivity index (χ1n) is 7.35. The average molecular weight is 363 g/mol. The maximum atomic E-state index is 12.9. The van der Waals surface area contributed by atoms with Gasteiger partial charge in [0.05, 0.1) is 7.11 Å². The highest BCUT2D eigenvalue weighted by Gasteiger charge is 2.34. The first-order chi connectivity index (χ1) is 10.6. The van der Waals surface area contributed by atoms with Crippen molar-refractivity contribution in [2.45, 2.75) is 25.4 Å². The van der Waals surface area contributed by atoms with Crippen molar-refractivity contribution in [2.24, 2.45) is 7.05 Å². The molecule has 0 bridgehead atoms. The van der Waals surface area contributed by atoms with E-state index in [9.17, 15) is 4.79 Å². The van der Waals surface area contributed by atoms with Crippen LogP contribution in [0.15, 0.2) is 41.0 Å². The first kappa shape index (κ1) is 15.2. The van der Waals surface area contributed by atoms with Gasteiger partial charge in [0.1, 0.15) is 11.4 Å². The zero-order valence-electron chi connectivity index (χ0n) is 12.8. The van der Waals surface area contributed by atoms with E-state index in [4.69, 9.17) is 4.74 Å². The number of amides is 1. The number of hydrogen-bond donors (Lipinski definition) is 0. The van der Waals surface area contributed by atoms with Gasteiger partial charge in [-0.1, -0.05) is 18.2 Å². The normalized spacial score (nSPS) is 14.0. The number of rotatable bonds is 5. The van der Waals surface area contributed by atoms with Gasteiger partial charge < -0.3 is 14.2 Å². The van der Waals surface area contributed by atoms with E-state index in [-0.39, 0.29) is 5.91 Å². The van der Waals surface area contributed by atoms with E-state index in [2.05, 4.69) is 15.9 Å². The summed E-state index contributed by atoms with van der Waals surface area (Å²) in [6, 6.07) is 10.1. The number of hydrogen-bond acceptors (Lipinski definition) is 2. The van der Waals surface area contributed by atoms with Gasteiger partial charge in [0.15, 0.2) is 0 Å². The van der Waals surface area contributed by atoms with Gasteiger partial charge in [-0.15, -0.1) is 0 Å². The lowest BCUT2D eigenvalue weighted by Gasteiger charge is -2.23. The molecule has 1 heterocycles. The lowest BCUT2D eigenvalue weighted by atomic mass is 10.1. The van der Waals surface area contributed by atoms with E-state index in [0.29, 0.717) is 18.3 Å². The second kappa shape index (κ2) is 6.16. The average Bonchev–Trinajstić information content (AvgIpc) is 3.29. The molecule has 1 aliphatic carbocycles. The Morgan fingerprint density at radius 2 is 2.14 bits per heavy atom. The highest BCUT2D eigenvalue weighted by molar-refractivity contribution is 9.10. The molecular weight excluding hydrogens is 344 g/mol. The first-order valence-corrected chi connectivity index (χ1v) is 8.14. The van der Waals surface area contributed by atoms with Gasteiger partial charge in [-0.25, -0.2) is 0 Å². The smallest absolute Gasteiger partial charge is 0.271 e. The second-order valence-electron chi connectivity index (χ2n) is 5.63. The predicted octanol–water partition coefficient (Wildman–Crippen LogP) is 3.60. The number of para-hydroxylation sites is 1. The maximum Gasteiger partial charge on any atom is 0.271 e. The molecular formula is C17H19BrN2O2. The van der Waals surface area contributed by atoms with Crippen molar-refractivity contribution in [3.8, 4) is 5.75 Å². The van der Waals surface area contributed by atoms with Crippen molar-refractivity contribution in [1.82, 2.24) is 9.47 Å². The summed E-state index contributed by atoms with van der Waals surface area (Å²) in [5, 5.41) is 0. The highest BCUT2D eigenvalue weighted by Crippen LogP contribution is 2.32. The van der Waals surface area contributed by atoms with Crippen LogP contribution in [0.3, 0.4) is 0 Å². The molecule has 0 aliphatic heterocycles. The molecule has 2 aromatic rings. The van der Waals surface area contributed by atoms with Crippen molar-refractivity contribution in [3.63, 3.8) is 0 Å². The molecule has 0 atom stereocenters. The van der Waals surface area contributed by atoms with Crippen LogP contribution in [0.5, 0.6) is 5.75 Å². The topological polar surface area (TPSA) is 34.5 Å². The minimum absolute atomic E-state index is 0.0709. The van der Waals surface area contributed by atoms with E-state index >= 15 is 0 Å². The van der Waals surface area contributed by atoms with E-state index in [1.54, 1.807) is 7.11 Å². The fourth-order valence-electron chi connectivity index (χ4n) is 2.65. The third kappa shape index (κ3) is 3.04. The largest absolute Gasteiger partial charge is 0.496 e. The molecule has 1 aromatic carbocycles. The standard InChI is InChI=1S/C17H19BrN2O2/c1-19-11-13(18)9-15(19)17(21)20(14-7-8-14)10-12-5-3-4-6-16(12)22-2/h3-6,9,11,14H,7-8,10H2,1-2H3. The van der Waals surface area contributed by atoms with Crippen LogP contribution in [0.25, 0.3) is 0 Å². The molecule has 0 spiro atoms. The van der Waals surface area contributed by atoms with Crippen molar-refractivity contribution in [1.29, 1.82) is 0 Å². The van der Waals surface area contributed by atoms with Crippen molar-refractivity contribution < 1.29 is 9.53 Å². The highest BCUT2D eigenvalue weighted by atomic mass is 79.9. The van der Waals surface area contributed by atoms with Crippen molar-refractivity contribution >= 4 is 21.8 Å². The Labute approximate surface area is 138 Å². The van der Waals surface area contributed by atoms with E-state index in [1.165, 1.54) is 0 Å². The monoisotopic (exact) mass is 362 g/mol. The van der Waals surface area contributed by atoms with E-state index in [1.807, 2.05) is 53.0 Å². The Morgan fingerprint density at radius 1 is 1.41 bits per heavy atom. The molecule has 1 amide bonds. The summed E-state index contributed by atoms with van der Waals surface area (Å²) in [4.78, 5) is 14.9. The van der Waals surface area contributed by atoms with Gasteiger partial charge in [0, 0.05) is 35.9 Å². The minimum atomic E-state index is 0.0709. The van der Waals surface area contributed by atoms with Crippen LogP contribution >= 0.6 is 15.9 Å². The molecule has 1 aromatic heterocycles. The summed E-state index contributed by atoms with van der Waals surface area (Å²) in [5.74, 6) is 0.899. The molecule has 5 heteroatoms. The molecule has 0 N–H and O–H groups in total. The summed E-state index contributed by atoms with van der Waals surface area (Å²) < 4.78 is 8.20. The molecule has 0 radical (unpaired) electrons. The van der Waals surface area contributed by atoms with Gasteiger partial charge in [-0.3, -0.25) is 4.79 Å². The summed E-state index contributed by atoms with van der Waals surface area (Å²) in [6.45, 7) is 0.580. The quantitative estimate of drug-likeness (QED) is 0.814. The third-order valence-electron chi connectivity index (χ3n) is 3.97. The summed E-state index contributed by atoms with van der Waals surface area (Å²) in [7, 11) is 3.56. The molecule has 22 heavy (non-hydrogen) atoms. The summed E-state index contributed by atoms with van der Waals surface area (Å²) in [6.07, 6.45) is 4.06. The number of carbonyl (C=O) groups excluding carboxylic acids is 1. The molecule has 1 saturated carbocycles. The summed E-state index contributed by atoms with van der Waals surface area (Å²) >= 11 is 3.43. The SMILES string of the molecule is COc1ccccc1CN(C(=O)c1cc(Br)cn1C)C1CC1. The van der Waals surface area contributed by atoms with Crippen LogP contribution in [0.1, 0.15) is 28.9 Å². The number of carbonyl (C=O) groups is 1. The predicted molar refractivity (Wildman–Crippen MR) is 89.0 cm³/mol. The Morgan fingerprint density at radius 3 is 2.73 bits per heavy atom. The second-order valence-corrected chi connectivity index (χ2v) is 6.55. The minimum Gasteiger partial charge on any atom is -0.496 e. The lowest BCUT2D eigenvalue weighted by molar-refractivity contribution is 0.0719. The van der Waals surface area contributed by atoms with Gasteiger partial charge >= 0.3 is 0 Å². The molecule has 1 fully saturated rings. The number of methoxy groups -OCH3 is 1. The van der Waals surface area contributed by atoms with Gasteiger partial charge in [-0.2, -0.15) is 0 Å². The van der Waals surface area contributed by atoms with E-state index < -0.39 is 0 Å². The van der Waals surface area contributed by atoms with Gasteiger partial charge in [-0.05, 0) is 40.9 Å². The lowest BCUT2D eigenvalue weighted by Crippen LogP contribution is -2.33. The Hall–Kier alpha value is -1.75. The molecule has 4 nitrogen and oxygen atoms in total. The van der Waals surface area contributed by atoms with Gasteiger partial charge in [0.2, 0.25) is 0 Å². The van der Waals surface area contributed by atoms with Crippen LogP contribution in [0, 0.1) is 0 Å². The molecule has 3 rings (SSSR count). The third-order valence-corrected chi connectivity index (χ3v) is 4.41. The Kier molecular flexibility index (Phi) is 4.25. The molecule has 0 saturated heterocycles. The number of ether oxygens (including phenoxy) is 1. The van der Waals surface area contributed by atoms with Crippen LogP contribution in [0.4, 0.5) is 0 Å². The van der Waals surface area contributed by atoms with Crippen molar-refractivity contribution in [2.75, 3.05) is 7.11 Å². The summed E-state index contributed by atoms with van der Waals surface area (Å²) in [5.41, 5.74) is 1.74. The van der Waals surface area contributed by atoms with Crippen LogP contribution in [0.2, 0.25) is 0 Å². The fraction of sp³-hybridized carbons (Fsp3) is 0.353. The number of halogens is 1. The van der Waals surface area contributed by atoms with Crippen LogP contribution in [-0.4, -0.2) is 28.5 Å². The zero-order chi connectivity index (χ0) is 15.7. The fourth-order valence-corrected chi connectivity index (χ4v) is 3.18. The molecule has 116 valence electrons. The van der Waals surface area contributed by atoms with Crippen molar-refractivity contribution in [3.05, 3.63) is 52.3 Å². The van der Waals surface area contributed by atoms with Crippen LogP contribution in [-0.2, 0) is 13.6 Å². The maximum absolute atomic E-state index is 12.9. The van der Waals surface area contributed by atoms with Crippen LogP contribution < -0.4 is 4.74 Å². The Balaban J connectivity index is 1.87. The molecule has 1 aliphatic rings. The number of nitrogens with zero attached hydrogens (tertiary/aromatic N) is 2. The van der Waals surface area contributed by atoms with Gasteiger partial charge in [0.25, 0.3) is 5.91 Å². The molecule has 0 unspecified atom stereocenters. The number of benzene rings is 1. The van der Waals surface area contributed by atoms with E-state index in [0.717, 1.165) is 28.6 Å². The number of aromatic nitrogens is 1.